The molecule has 5 rings (SSSR count). The Balaban J connectivity index is 1.31. The lowest BCUT2D eigenvalue weighted by atomic mass is 9.95. The second-order valence-corrected chi connectivity index (χ2v) is 9.36. The summed E-state index contributed by atoms with van der Waals surface area (Å²) in [6, 6.07) is 8.80. The van der Waals surface area contributed by atoms with Crippen molar-refractivity contribution in [3.05, 3.63) is 64.1 Å². The summed E-state index contributed by atoms with van der Waals surface area (Å²) in [4.78, 5) is 17.6. The van der Waals surface area contributed by atoms with Gasteiger partial charge in [0, 0.05) is 35.3 Å². The van der Waals surface area contributed by atoms with E-state index in [-0.39, 0.29) is 11.8 Å². The SMILES string of the molecule is NC(=O)c1ccc(F)c2c1CC(N(CCCc1c[nH]c3c(Cl)cccc13)CC1CC1)CO2. The van der Waals surface area contributed by atoms with Gasteiger partial charge in [0.2, 0.25) is 5.91 Å². The van der Waals surface area contributed by atoms with E-state index in [1.165, 1.54) is 35.9 Å². The molecule has 1 atom stereocenters. The van der Waals surface area contributed by atoms with E-state index in [1.807, 2.05) is 18.3 Å². The lowest BCUT2D eigenvalue weighted by molar-refractivity contribution is 0.0980. The van der Waals surface area contributed by atoms with Crippen LogP contribution in [0.5, 0.6) is 5.75 Å². The molecular formula is C25H27ClFN3O2. The molecule has 0 spiro atoms. The standard InChI is InChI=1S/C25H27ClFN3O2/c26-21-5-1-4-18-16(12-29-23(18)21)3-2-10-30(13-15-6-7-15)17-11-20-19(25(28)31)8-9-22(27)24(20)32-14-17/h1,4-5,8-9,12,15,17,29H,2-3,6-7,10-11,13-14H2,(H2,28,31). The first kappa shape index (κ1) is 21.3. The topological polar surface area (TPSA) is 71.4 Å². The summed E-state index contributed by atoms with van der Waals surface area (Å²) >= 11 is 6.30. The van der Waals surface area contributed by atoms with E-state index in [0.29, 0.717) is 30.1 Å². The van der Waals surface area contributed by atoms with Crippen LogP contribution in [0.4, 0.5) is 4.39 Å². The predicted octanol–water partition coefficient (Wildman–Crippen LogP) is 4.71. The number of aryl methyl sites for hydroxylation is 1. The van der Waals surface area contributed by atoms with Crippen LogP contribution < -0.4 is 10.5 Å². The first-order valence-electron chi connectivity index (χ1n) is 11.2. The molecule has 3 N–H and O–H groups in total. The summed E-state index contributed by atoms with van der Waals surface area (Å²) in [6.07, 6.45) is 7.05. The minimum Gasteiger partial charge on any atom is -0.489 e. The molecule has 1 amide bonds. The molecule has 0 bridgehead atoms. The van der Waals surface area contributed by atoms with Gasteiger partial charge in [-0.15, -0.1) is 0 Å². The number of benzene rings is 2. The van der Waals surface area contributed by atoms with Gasteiger partial charge in [-0.3, -0.25) is 9.69 Å². The number of carbonyl (C=O) groups is 1. The number of nitrogens with one attached hydrogen (secondary N) is 1. The zero-order valence-electron chi connectivity index (χ0n) is 17.9. The number of ether oxygens (including phenoxy) is 1. The summed E-state index contributed by atoms with van der Waals surface area (Å²) in [5.74, 6) is -0.0848. The van der Waals surface area contributed by atoms with Crippen LogP contribution in [0.15, 0.2) is 36.5 Å². The molecule has 2 aliphatic rings. The number of para-hydroxylation sites is 1. The Hall–Kier alpha value is -2.57. The monoisotopic (exact) mass is 455 g/mol. The van der Waals surface area contributed by atoms with Gasteiger partial charge in [0.05, 0.1) is 10.5 Å². The third-order valence-electron chi connectivity index (χ3n) is 6.69. The highest BCUT2D eigenvalue weighted by Gasteiger charge is 2.33. The number of H-pyrrole nitrogens is 1. The van der Waals surface area contributed by atoms with E-state index in [2.05, 4.69) is 16.0 Å². The van der Waals surface area contributed by atoms with Gasteiger partial charge < -0.3 is 15.5 Å². The third kappa shape index (κ3) is 4.21. The fraction of sp³-hybridized carbons (Fsp3) is 0.400. The van der Waals surface area contributed by atoms with Crippen molar-refractivity contribution in [3.8, 4) is 5.75 Å². The van der Waals surface area contributed by atoms with Crippen LogP contribution in [0.2, 0.25) is 5.02 Å². The highest BCUT2D eigenvalue weighted by atomic mass is 35.5. The number of fused-ring (bicyclic) bond motifs is 2. The van der Waals surface area contributed by atoms with Gasteiger partial charge in [-0.2, -0.15) is 0 Å². The Morgan fingerprint density at radius 2 is 2.12 bits per heavy atom. The number of halogens is 2. The number of carbonyl (C=O) groups excluding carboxylic acids is 1. The Kier molecular flexibility index (Phi) is 5.82. The number of hydrogen-bond acceptors (Lipinski definition) is 3. The van der Waals surface area contributed by atoms with Gasteiger partial charge in [-0.05, 0) is 68.3 Å². The molecule has 0 radical (unpaired) electrons. The summed E-state index contributed by atoms with van der Waals surface area (Å²) in [5, 5.41) is 1.90. The van der Waals surface area contributed by atoms with Gasteiger partial charge in [0.1, 0.15) is 6.61 Å². The van der Waals surface area contributed by atoms with Crippen molar-refractivity contribution in [2.75, 3.05) is 19.7 Å². The Morgan fingerprint density at radius 3 is 2.91 bits per heavy atom. The number of rotatable bonds is 8. The summed E-state index contributed by atoms with van der Waals surface area (Å²) < 4.78 is 20.1. The zero-order chi connectivity index (χ0) is 22.2. The van der Waals surface area contributed by atoms with Crippen LogP contribution in [-0.2, 0) is 12.8 Å². The smallest absolute Gasteiger partial charge is 0.249 e. The molecule has 1 aromatic heterocycles. The van der Waals surface area contributed by atoms with Gasteiger partial charge in [-0.1, -0.05) is 23.7 Å². The highest BCUT2D eigenvalue weighted by Crippen LogP contribution is 2.35. The Morgan fingerprint density at radius 1 is 1.28 bits per heavy atom. The molecule has 1 unspecified atom stereocenters. The minimum atomic E-state index is -0.544. The molecule has 2 aromatic carbocycles. The normalized spacial score (nSPS) is 18.0. The second kappa shape index (κ2) is 8.75. The second-order valence-electron chi connectivity index (χ2n) is 8.95. The molecule has 2 heterocycles. The molecular weight excluding hydrogens is 429 g/mol. The van der Waals surface area contributed by atoms with Crippen molar-refractivity contribution in [3.63, 3.8) is 0 Å². The lowest BCUT2D eigenvalue weighted by Crippen LogP contribution is -2.45. The van der Waals surface area contributed by atoms with E-state index in [0.717, 1.165) is 36.5 Å². The van der Waals surface area contributed by atoms with Crippen molar-refractivity contribution in [1.29, 1.82) is 0 Å². The van der Waals surface area contributed by atoms with Crippen LogP contribution in [-0.4, -0.2) is 41.5 Å². The highest BCUT2D eigenvalue weighted by molar-refractivity contribution is 6.35. The van der Waals surface area contributed by atoms with Gasteiger partial charge in [0.15, 0.2) is 11.6 Å². The predicted molar refractivity (Wildman–Crippen MR) is 124 cm³/mol. The molecule has 1 saturated carbocycles. The number of hydrogen-bond donors (Lipinski definition) is 2. The minimum absolute atomic E-state index is 0.0976. The van der Waals surface area contributed by atoms with E-state index in [9.17, 15) is 9.18 Å². The number of nitrogens with two attached hydrogens (primary N) is 1. The maximum absolute atomic E-state index is 14.3. The Bertz CT molecular complexity index is 1160. The van der Waals surface area contributed by atoms with Crippen LogP contribution in [0.25, 0.3) is 10.9 Å². The number of aromatic amines is 1. The van der Waals surface area contributed by atoms with Gasteiger partial charge in [0.25, 0.3) is 0 Å². The van der Waals surface area contributed by atoms with E-state index in [1.54, 1.807) is 0 Å². The molecule has 168 valence electrons. The largest absolute Gasteiger partial charge is 0.489 e. The number of amides is 1. The molecule has 7 heteroatoms. The first-order valence-corrected chi connectivity index (χ1v) is 11.6. The molecule has 1 aliphatic carbocycles. The first-order chi connectivity index (χ1) is 15.5. The van der Waals surface area contributed by atoms with Crippen molar-refractivity contribution in [1.82, 2.24) is 9.88 Å². The van der Waals surface area contributed by atoms with Crippen LogP contribution in [0.3, 0.4) is 0 Å². The lowest BCUT2D eigenvalue weighted by Gasteiger charge is -2.36. The maximum Gasteiger partial charge on any atom is 0.249 e. The van der Waals surface area contributed by atoms with E-state index >= 15 is 0 Å². The molecule has 1 aliphatic heterocycles. The summed E-state index contributed by atoms with van der Waals surface area (Å²) in [5.41, 5.74) is 8.75. The fourth-order valence-electron chi connectivity index (χ4n) is 4.81. The van der Waals surface area contributed by atoms with Crippen molar-refractivity contribution >= 4 is 28.4 Å². The molecule has 0 saturated heterocycles. The van der Waals surface area contributed by atoms with Gasteiger partial charge >= 0.3 is 0 Å². The quantitative estimate of drug-likeness (QED) is 0.516. The number of aromatic nitrogens is 1. The van der Waals surface area contributed by atoms with Crippen molar-refractivity contribution < 1.29 is 13.9 Å². The average molecular weight is 456 g/mol. The average Bonchev–Trinajstić information content (AvgIpc) is 3.50. The Labute approximate surface area is 191 Å². The molecule has 5 nitrogen and oxygen atoms in total. The molecule has 1 fully saturated rings. The van der Waals surface area contributed by atoms with Gasteiger partial charge in [-0.25, -0.2) is 4.39 Å². The van der Waals surface area contributed by atoms with E-state index in [4.69, 9.17) is 22.1 Å². The molecule has 3 aromatic rings. The summed E-state index contributed by atoms with van der Waals surface area (Å²) in [7, 11) is 0. The molecule has 32 heavy (non-hydrogen) atoms. The van der Waals surface area contributed by atoms with E-state index < -0.39 is 11.7 Å². The maximum atomic E-state index is 14.3. The summed E-state index contributed by atoms with van der Waals surface area (Å²) in [6.45, 7) is 2.33. The van der Waals surface area contributed by atoms with Crippen LogP contribution >= 0.6 is 11.6 Å². The van der Waals surface area contributed by atoms with Crippen LogP contribution in [0, 0.1) is 11.7 Å². The van der Waals surface area contributed by atoms with Crippen molar-refractivity contribution in [2.24, 2.45) is 11.7 Å². The fourth-order valence-corrected chi connectivity index (χ4v) is 5.04. The number of nitrogens with zero attached hydrogens (tertiary/aromatic N) is 1. The van der Waals surface area contributed by atoms with Crippen LogP contribution in [0.1, 0.15) is 40.7 Å². The zero-order valence-corrected chi connectivity index (χ0v) is 18.6. The van der Waals surface area contributed by atoms with Crippen molar-refractivity contribution in [2.45, 2.75) is 38.1 Å². The third-order valence-corrected chi connectivity index (χ3v) is 7.00. The number of primary amides is 1.